The Hall–Kier alpha value is -2.65. The van der Waals surface area contributed by atoms with Crippen LogP contribution >= 0.6 is 0 Å². The number of hydrogen-bond donors (Lipinski definition) is 1. The summed E-state index contributed by atoms with van der Waals surface area (Å²) >= 11 is 0. The van der Waals surface area contributed by atoms with Gasteiger partial charge in [0.15, 0.2) is 0 Å². The van der Waals surface area contributed by atoms with Gasteiger partial charge in [0.25, 0.3) is 5.92 Å². The van der Waals surface area contributed by atoms with Gasteiger partial charge in [0.1, 0.15) is 19.3 Å². The predicted octanol–water partition coefficient (Wildman–Crippen LogP) is 3.29. The van der Waals surface area contributed by atoms with Gasteiger partial charge >= 0.3 is 0 Å². The van der Waals surface area contributed by atoms with Crippen LogP contribution in [0.2, 0.25) is 0 Å². The van der Waals surface area contributed by atoms with Crippen molar-refractivity contribution in [1.29, 1.82) is 0 Å². The van der Waals surface area contributed by atoms with E-state index in [1.807, 2.05) is 26.0 Å². The van der Waals surface area contributed by atoms with E-state index in [1.165, 1.54) is 10.9 Å². The van der Waals surface area contributed by atoms with Crippen LogP contribution in [-0.2, 0) is 11.3 Å². The maximum atomic E-state index is 13.3. The van der Waals surface area contributed by atoms with Crippen LogP contribution in [0.4, 0.5) is 8.78 Å². The number of hydrogen-bond acceptors (Lipinski definition) is 6. The lowest BCUT2D eigenvalue weighted by Gasteiger charge is -2.36. The summed E-state index contributed by atoms with van der Waals surface area (Å²) in [4.78, 5) is 9.02. The topological polar surface area (TPSA) is 74.1 Å². The van der Waals surface area contributed by atoms with Crippen LogP contribution in [0.5, 0.6) is 5.88 Å². The number of ether oxygens (including phenoxy) is 2. The molecule has 3 aromatic rings. The minimum atomic E-state index is -2.85. The molecule has 1 saturated heterocycles. The summed E-state index contributed by atoms with van der Waals surface area (Å²) in [7, 11) is 0. The summed E-state index contributed by atoms with van der Waals surface area (Å²) in [6.07, 6.45) is 4.65. The molecule has 1 aliphatic rings. The molecule has 0 bridgehead atoms. The number of nitrogens with zero attached hydrogens (tertiary/aromatic N) is 4. The lowest BCUT2D eigenvalue weighted by Crippen LogP contribution is -2.52. The van der Waals surface area contributed by atoms with Gasteiger partial charge in [-0.2, -0.15) is 5.10 Å². The molecule has 4 heterocycles. The number of halogens is 2. The van der Waals surface area contributed by atoms with Gasteiger partial charge in [0, 0.05) is 38.0 Å². The molecule has 1 atom stereocenters. The monoisotopic (exact) mass is 417 g/mol. The van der Waals surface area contributed by atoms with Crippen molar-refractivity contribution in [3.8, 4) is 17.1 Å². The van der Waals surface area contributed by atoms with Gasteiger partial charge in [-0.05, 0) is 32.0 Å². The highest BCUT2D eigenvalue weighted by atomic mass is 19.3. The first kappa shape index (κ1) is 20.6. The third-order valence-corrected chi connectivity index (χ3v) is 4.75. The lowest BCUT2D eigenvalue weighted by molar-refractivity contribution is -0.107. The second-order valence-electron chi connectivity index (χ2n) is 8.32. The van der Waals surface area contributed by atoms with Crippen LogP contribution in [0.25, 0.3) is 22.2 Å². The highest BCUT2D eigenvalue weighted by molar-refractivity contribution is 5.86. The zero-order valence-electron chi connectivity index (χ0n) is 17.2. The average molecular weight is 417 g/mol. The van der Waals surface area contributed by atoms with Gasteiger partial charge in [-0.25, -0.2) is 13.8 Å². The molecule has 7 nitrogen and oxygen atoms in total. The van der Waals surface area contributed by atoms with E-state index in [-0.39, 0.29) is 11.7 Å². The maximum Gasteiger partial charge on any atom is 0.264 e. The normalized spacial score (nSPS) is 19.2. The van der Waals surface area contributed by atoms with Crippen LogP contribution in [0, 0.1) is 0 Å². The molecule has 0 saturated carbocycles. The van der Waals surface area contributed by atoms with Crippen molar-refractivity contribution in [1.82, 2.24) is 25.1 Å². The summed E-state index contributed by atoms with van der Waals surface area (Å²) in [6.45, 7) is 6.23. The molecule has 160 valence electrons. The number of rotatable bonds is 6. The van der Waals surface area contributed by atoms with Crippen LogP contribution in [-0.4, -0.2) is 57.1 Å². The molecular weight excluding hydrogens is 392 g/mol. The van der Waals surface area contributed by atoms with Gasteiger partial charge in [-0.1, -0.05) is 0 Å². The third kappa shape index (κ3) is 4.91. The van der Waals surface area contributed by atoms with E-state index in [1.54, 1.807) is 18.5 Å². The second kappa shape index (κ2) is 7.88. The molecule has 1 N–H and O–H groups in total. The number of alkyl halides is 2. The zero-order chi connectivity index (χ0) is 21.4. The van der Waals surface area contributed by atoms with E-state index in [0.29, 0.717) is 35.8 Å². The van der Waals surface area contributed by atoms with Crippen LogP contribution in [0.1, 0.15) is 20.8 Å². The molecule has 4 rings (SSSR count). The van der Waals surface area contributed by atoms with E-state index in [0.717, 1.165) is 18.9 Å². The second-order valence-corrected chi connectivity index (χ2v) is 8.32. The largest absolute Gasteiger partial charge is 0.474 e. The number of morpholine rings is 1. The Labute approximate surface area is 173 Å². The summed E-state index contributed by atoms with van der Waals surface area (Å²) in [5.74, 6) is -2.42. The summed E-state index contributed by atoms with van der Waals surface area (Å²) in [5, 5.41) is 8.15. The highest BCUT2D eigenvalue weighted by Gasteiger charge is 2.29. The number of nitrogens with one attached hydrogen (secondary N) is 1. The van der Waals surface area contributed by atoms with Crippen molar-refractivity contribution in [3.63, 3.8) is 0 Å². The van der Waals surface area contributed by atoms with Gasteiger partial charge in [-0.3, -0.25) is 9.67 Å². The average Bonchev–Trinajstić information content (AvgIpc) is 3.12. The molecule has 1 fully saturated rings. The van der Waals surface area contributed by atoms with Gasteiger partial charge in [0.05, 0.1) is 28.4 Å². The molecule has 9 heteroatoms. The molecule has 0 amide bonds. The Morgan fingerprint density at radius 2 is 2.23 bits per heavy atom. The summed E-state index contributed by atoms with van der Waals surface area (Å²) in [6, 6.07) is 5.51. The SMILES string of the molecule is CC(F)(F)Cn1cc(-c2cc3ncccc3c(OC[C@@H]3CNCC(C)(C)O3)n2)cn1. The zero-order valence-corrected chi connectivity index (χ0v) is 17.2. The van der Waals surface area contributed by atoms with Gasteiger partial charge < -0.3 is 14.8 Å². The third-order valence-electron chi connectivity index (χ3n) is 4.75. The first-order valence-electron chi connectivity index (χ1n) is 9.86. The minimum Gasteiger partial charge on any atom is -0.474 e. The summed E-state index contributed by atoms with van der Waals surface area (Å²) in [5.41, 5.74) is 1.62. The lowest BCUT2D eigenvalue weighted by atomic mass is 10.1. The van der Waals surface area contributed by atoms with Crippen LogP contribution < -0.4 is 10.1 Å². The van der Waals surface area contributed by atoms with E-state index >= 15 is 0 Å². The fourth-order valence-electron chi connectivity index (χ4n) is 3.50. The maximum absolute atomic E-state index is 13.3. The van der Waals surface area contributed by atoms with Gasteiger partial charge in [-0.15, -0.1) is 0 Å². The van der Waals surface area contributed by atoms with Crippen molar-refractivity contribution < 1.29 is 18.3 Å². The van der Waals surface area contributed by atoms with E-state index in [9.17, 15) is 8.78 Å². The van der Waals surface area contributed by atoms with Crippen molar-refractivity contribution >= 4 is 10.9 Å². The van der Waals surface area contributed by atoms with Crippen molar-refractivity contribution in [3.05, 3.63) is 36.8 Å². The molecule has 0 radical (unpaired) electrons. The smallest absolute Gasteiger partial charge is 0.264 e. The van der Waals surface area contributed by atoms with E-state index in [2.05, 4.69) is 20.4 Å². The Kier molecular flexibility index (Phi) is 5.42. The standard InChI is InChI=1S/C21H25F2N5O2/c1-20(2)12-24-9-15(30-20)11-29-19-16-5-4-6-25-18(16)7-17(27-19)14-8-26-28(10-14)13-21(3,22)23/h4-8,10,15,24H,9,11-13H2,1-3H3/t15-/m0/s1. The molecule has 30 heavy (non-hydrogen) atoms. The molecule has 1 aliphatic heterocycles. The quantitative estimate of drug-likeness (QED) is 0.664. The molecule has 0 aliphatic carbocycles. The fourth-order valence-corrected chi connectivity index (χ4v) is 3.50. The van der Waals surface area contributed by atoms with Crippen molar-refractivity contribution in [2.24, 2.45) is 0 Å². The molecule has 3 aromatic heterocycles. The number of pyridine rings is 2. The minimum absolute atomic E-state index is 0.111. The molecule has 0 aromatic carbocycles. The Balaban J connectivity index is 1.60. The Morgan fingerprint density at radius 1 is 1.40 bits per heavy atom. The molecular formula is C21H25F2N5O2. The van der Waals surface area contributed by atoms with E-state index in [4.69, 9.17) is 9.47 Å². The first-order chi connectivity index (χ1) is 14.2. The van der Waals surface area contributed by atoms with Crippen LogP contribution in [0.3, 0.4) is 0 Å². The predicted molar refractivity (Wildman–Crippen MR) is 109 cm³/mol. The Morgan fingerprint density at radius 3 is 3.00 bits per heavy atom. The van der Waals surface area contributed by atoms with E-state index < -0.39 is 12.5 Å². The molecule has 0 unspecified atom stereocenters. The van der Waals surface area contributed by atoms with Gasteiger partial charge in [0.2, 0.25) is 5.88 Å². The van der Waals surface area contributed by atoms with Crippen molar-refractivity contribution in [2.45, 2.75) is 44.9 Å². The summed E-state index contributed by atoms with van der Waals surface area (Å²) < 4.78 is 39.9. The fraction of sp³-hybridized carbons (Fsp3) is 0.476. The highest BCUT2D eigenvalue weighted by Crippen LogP contribution is 2.29. The number of fused-ring (bicyclic) bond motifs is 1. The molecule has 0 spiro atoms. The Bertz CT molecular complexity index is 1030. The number of aromatic nitrogens is 4. The van der Waals surface area contributed by atoms with Crippen molar-refractivity contribution in [2.75, 3.05) is 19.7 Å². The first-order valence-corrected chi connectivity index (χ1v) is 9.86. The van der Waals surface area contributed by atoms with Crippen LogP contribution in [0.15, 0.2) is 36.8 Å².